The fraction of sp³-hybridized carbons (Fsp3) is 0.423. The van der Waals surface area contributed by atoms with E-state index in [2.05, 4.69) is 0 Å². The number of imide groups is 1. The number of carbonyl (C=O) groups excluding carboxylic acids is 3. The number of hydrogen-bond acceptors (Lipinski definition) is 4. The number of quaternary nitrogens is 1. The number of amides is 3. The Labute approximate surface area is 203 Å². The molecule has 1 unspecified atom stereocenters. The molecule has 0 aromatic heterocycles. The molecule has 4 heterocycles. The summed E-state index contributed by atoms with van der Waals surface area (Å²) in [5, 5.41) is 0.501. The molecule has 3 amide bonds. The lowest BCUT2D eigenvalue weighted by Crippen LogP contribution is -3.20. The second-order valence-corrected chi connectivity index (χ2v) is 10.1. The average molecular weight is 481 g/mol. The Kier molecular flexibility index (Phi) is 4.64. The van der Waals surface area contributed by atoms with Gasteiger partial charge in [0.05, 0.1) is 25.0 Å². The van der Waals surface area contributed by atoms with Gasteiger partial charge < -0.3 is 14.5 Å². The number of anilines is 2. The fourth-order valence-corrected chi connectivity index (χ4v) is 7.29. The van der Waals surface area contributed by atoms with Gasteiger partial charge in [0.2, 0.25) is 17.4 Å². The van der Waals surface area contributed by atoms with Crippen molar-refractivity contribution in [3.05, 3.63) is 52.5 Å². The van der Waals surface area contributed by atoms with Gasteiger partial charge in [-0.1, -0.05) is 29.8 Å². The standard InChI is InChI=1S/C26H26ClN3O4/c1-4-28-17-9-6-5-8-15(17)26(25(28)33)22-21(18-10-7-11-29(18)26)23(31)30(24(22)32)19-12-14(2)16(27)13-20(19)34-3/h5-6,8-9,12-13,18,21-22H,4,7,10-11H2,1-3H3/p+1/t18-,21+,22-,26+/m0/s1. The van der Waals surface area contributed by atoms with E-state index in [0.29, 0.717) is 23.0 Å². The van der Waals surface area contributed by atoms with Crippen LogP contribution in [0.25, 0.3) is 0 Å². The van der Waals surface area contributed by atoms with E-state index in [1.54, 1.807) is 17.0 Å². The van der Waals surface area contributed by atoms with E-state index in [-0.39, 0.29) is 23.8 Å². The van der Waals surface area contributed by atoms with Crippen LogP contribution in [0.3, 0.4) is 0 Å². The first kappa shape index (κ1) is 21.6. The zero-order valence-electron chi connectivity index (χ0n) is 19.4. The molecule has 5 atom stereocenters. The van der Waals surface area contributed by atoms with E-state index in [9.17, 15) is 14.4 Å². The summed E-state index contributed by atoms with van der Waals surface area (Å²) in [5.74, 6) is -1.54. The molecule has 2 aromatic carbocycles. The van der Waals surface area contributed by atoms with Gasteiger partial charge >= 0.3 is 0 Å². The third kappa shape index (κ3) is 2.39. The molecule has 34 heavy (non-hydrogen) atoms. The van der Waals surface area contributed by atoms with Crippen LogP contribution < -0.4 is 19.4 Å². The molecule has 0 bridgehead atoms. The number of fused-ring (bicyclic) bond motifs is 7. The van der Waals surface area contributed by atoms with Crippen molar-refractivity contribution in [2.45, 2.75) is 38.3 Å². The Morgan fingerprint density at radius 3 is 2.65 bits per heavy atom. The maximum Gasteiger partial charge on any atom is 0.294 e. The van der Waals surface area contributed by atoms with E-state index in [1.165, 1.54) is 12.0 Å². The van der Waals surface area contributed by atoms with E-state index < -0.39 is 17.4 Å². The predicted octanol–water partition coefficient (Wildman–Crippen LogP) is 2.09. The van der Waals surface area contributed by atoms with Gasteiger partial charge in [0.25, 0.3) is 5.91 Å². The first-order valence-corrected chi connectivity index (χ1v) is 12.2. The van der Waals surface area contributed by atoms with Gasteiger partial charge in [0.1, 0.15) is 23.6 Å². The Hall–Kier alpha value is -2.90. The van der Waals surface area contributed by atoms with Crippen molar-refractivity contribution < 1.29 is 24.0 Å². The zero-order chi connectivity index (χ0) is 23.9. The lowest BCUT2D eigenvalue weighted by molar-refractivity contribution is -0.948. The van der Waals surface area contributed by atoms with Gasteiger partial charge in [-0.3, -0.25) is 14.4 Å². The number of aryl methyl sites for hydroxylation is 1. The van der Waals surface area contributed by atoms with Crippen molar-refractivity contribution >= 4 is 40.7 Å². The van der Waals surface area contributed by atoms with Gasteiger partial charge in [-0.2, -0.15) is 0 Å². The molecular weight excluding hydrogens is 454 g/mol. The molecule has 0 aliphatic carbocycles. The highest BCUT2D eigenvalue weighted by Crippen LogP contribution is 2.54. The Morgan fingerprint density at radius 1 is 1.15 bits per heavy atom. The van der Waals surface area contributed by atoms with Gasteiger partial charge in [-0.05, 0) is 31.5 Å². The van der Waals surface area contributed by atoms with Crippen LogP contribution in [0.2, 0.25) is 5.02 Å². The number of carbonyl (C=O) groups is 3. The number of hydrogen-bond donors (Lipinski definition) is 1. The highest BCUT2D eigenvalue weighted by molar-refractivity contribution is 6.32. The molecule has 3 saturated heterocycles. The Bertz CT molecular complexity index is 1260. The Morgan fingerprint density at radius 2 is 1.91 bits per heavy atom. The number of rotatable bonds is 3. The topological polar surface area (TPSA) is 71.4 Å². The van der Waals surface area contributed by atoms with E-state index in [0.717, 1.165) is 41.1 Å². The normalized spacial score (nSPS) is 31.5. The fourth-order valence-electron chi connectivity index (χ4n) is 7.14. The van der Waals surface area contributed by atoms with Crippen molar-refractivity contribution in [1.82, 2.24) is 0 Å². The number of likely N-dealkylation sites (N-methyl/N-ethyl adjacent to an activating group) is 1. The minimum Gasteiger partial charge on any atom is -0.495 e. The van der Waals surface area contributed by atoms with Crippen LogP contribution in [-0.4, -0.2) is 44.0 Å². The second kappa shape index (κ2) is 7.30. The Balaban J connectivity index is 1.57. The van der Waals surface area contributed by atoms with Crippen molar-refractivity contribution in [2.75, 3.05) is 30.0 Å². The summed E-state index contributed by atoms with van der Waals surface area (Å²) in [6.07, 6.45) is 1.75. The summed E-state index contributed by atoms with van der Waals surface area (Å²) in [4.78, 5) is 46.6. The molecule has 8 heteroatoms. The molecule has 7 nitrogen and oxygen atoms in total. The van der Waals surface area contributed by atoms with E-state index in [1.807, 2.05) is 38.1 Å². The smallest absolute Gasteiger partial charge is 0.294 e. The van der Waals surface area contributed by atoms with Crippen molar-refractivity contribution in [3.8, 4) is 5.75 Å². The second-order valence-electron chi connectivity index (χ2n) is 9.69. The maximum atomic E-state index is 14.2. The van der Waals surface area contributed by atoms with Crippen LogP contribution in [0.5, 0.6) is 5.75 Å². The quantitative estimate of drug-likeness (QED) is 0.683. The number of halogens is 1. The van der Waals surface area contributed by atoms with Gasteiger partial charge in [-0.15, -0.1) is 0 Å². The number of nitrogens with one attached hydrogen (secondary N) is 1. The molecule has 4 aliphatic rings. The molecule has 3 fully saturated rings. The van der Waals surface area contributed by atoms with E-state index in [4.69, 9.17) is 16.3 Å². The summed E-state index contributed by atoms with van der Waals surface area (Å²) < 4.78 is 5.52. The minimum absolute atomic E-state index is 0.0622. The van der Waals surface area contributed by atoms with Crippen LogP contribution in [0.15, 0.2) is 36.4 Å². The van der Waals surface area contributed by atoms with Gasteiger partial charge in [0.15, 0.2) is 0 Å². The molecule has 1 N–H and O–H groups in total. The van der Waals surface area contributed by atoms with Crippen molar-refractivity contribution in [2.24, 2.45) is 11.8 Å². The third-order valence-electron chi connectivity index (χ3n) is 8.39. The van der Waals surface area contributed by atoms with Crippen LogP contribution in [0, 0.1) is 18.8 Å². The van der Waals surface area contributed by atoms with Crippen LogP contribution >= 0.6 is 11.6 Å². The van der Waals surface area contributed by atoms with Gasteiger partial charge in [0, 0.05) is 36.0 Å². The zero-order valence-corrected chi connectivity index (χ0v) is 20.2. The molecule has 0 radical (unpaired) electrons. The first-order chi connectivity index (χ1) is 16.4. The summed E-state index contributed by atoms with van der Waals surface area (Å²) >= 11 is 6.30. The maximum absolute atomic E-state index is 14.2. The first-order valence-electron chi connectivity index (χ1n) is 11.9. The number of nitrogens with zero attached hydrogens (tertiary/aromatic N) is 2. The SMILES string of the molecule is CCN1C(=O)[C@@]2(c3ccccc31)[C@@H]1C(=O)N(c3cc(C)c(Cl)cc3OC)C(=O)[C@@H]1[C@@H]1CCC[NH+]12. The van der Waals surface area contributed by atoms with Crippen LogP contribution in [0.4, 0.5) is 11.4 Å². The highest BCUT2D eigenvalue weighted by atomic mass is 35.5. The third-order valence-corrected chi connectivity index (χ3v) is 8.79. The van der Waals surface area contributed by atoms with Gasteiger partial charge in [-0.25, -0.2) is 4.90 Å². The van der Waals surface area contributed by atoms with Crippen LogP contribution in [0.1, 0.15) is 30.9 Å². The van der Waals surface area contributed by atoms with Crippen molar-refractivity contribution in [1.29, 1.82) is 0 Å². The number of benzene rings is 2. The van der Waals surface area contributed by atoms with Crippen LogP contribution in [-0.2, 0) is 19.9 Å². The largest absolute Gasteiger partial charge is 0.495 e. The average Bonchev–Trinajstić information content (AvgIpc) is 3.53. The molecule has 6 rings (SSSR count). The number of ether oxygens (including phenoxy) is 1. The monoisotopic (exact) mass is 480 g/mol. The lowest BCUT2D eigenvalue weighted by atomic mass is 9.75. The molecule has 0 saturated carbocycles. The number of para-hydroxylation sites is 1. The summed E-state index contributed by atoms with van der Waals surface area (Å²) in [6.45, 7) is 5.08. The molecule has 2 aromatic rings. The highest BCUT2D eigenvalue weighted by Gasteiger charge is 2.79. The summed E-state index contributed by atoms with van der Waals surface area (Å²) in [5.41, 5.74) is 1.80. The van der Waals surface area contributed by atoms with E-state index >= 15 is 0 Å². The molecule has 4 aliphatic heterocycles. The summed E-state index contributed by atoms with van der Waals surface area (Å²) in [6, 6.07) is 11.1. The van der Waals surface area contributed by atoms with Crippen molar-refractivity contribution in [3.63, 3.8) is 0 Å². The molecular formula is C26H27ClN3O4+. The molecule has 1 spiro atoms. The number of methoxy groups -OCH3 is 1. The lowest BCUT2D eigenvalue weighted by Gasteiger charge is -2.34. The molecule has 176 valence electrons. The summed E-state index contributed by atoms with van der Waals surface area (Å²) in [7, 11) is 1.50. The minimum atomic E-state index is -1.07. The predicted molar refractivity (Wildman–Crippen MR) is 127 cm³/mol.